The SMILES string of the molecule is NC(CCl)=Nc1cc(Cl)cc([N+](=O)[O-])c1O. The van der Waals surface area contributed by atoms with Crippen molar-refractivity contribution in [3.05, 3.63) is 27.3 Å². The molecule has 1 aromatic rings. The average Bonchev–Trinajstić information content (AvgIpc) is 2.22. The molecule has 0 bridgehead atoms. The third kappa shape index (κ3) is 2.74. The van der Waals surface area contributed by atoms with Crippen LogP contribution in [0.2, 0.25) is 5.02 Å². The van der Waals surface area contributed by atoms with Crippen LogP contribution < -0.4 is 5.73 Å². The van der Waals surface area contributed by atoms with E-state index in [1.807, 2.05) is 0 Å². The molecule has 8 heteroatoms. The highest BCUT2D eigenvalue weighted by Crippen LogP contribution is 2.38. The van der Waals surface area contributed by atoms with Gasteiger partial charge in [0.25, 0.3) is 0 Å². The zero-order chi connectivity index (χ0) is 12.3. The smallest absolute Gasteiger partial charge is 0.314 e. The molecule has 0 fully saturated rings. The number of rotatable bonds is 3. The number of nitro benzene ring substituents is 1. The number of phenols is 1. The van der Waals surface area contributed by atoms with Crippen molar-refractivity contribution in [2.24, 2.45) is 10.7 Å². The van der Waals surface area contributed by atoms with E-state index in [1.54, 1.807) is 0 Å². The van der Waals surface area contributed by atoms with Crippen molar-refractivity contribution in [3.8, 4) is 5.75 Å². The summed E-state index contributed by atoms with van der Waals surface area (Å²) in [5.41, 5.74) is 4.72. The van der Waals surface area contributed by atoms with E-state index in [0.717, 1.165) is 6.07 Å². The summed E-state index contributed by atoms with van der Waals surface area (Å²) in [6.07, 6.45) is 0. The summed E-state index contributed by atoms with van der Waals surface area (Å²) in [6.45, 7) is 0. The number of phenolic OH excluding ortho intramolecular Hbond substituents is 1. The summed E-state index contributed by atoms with van der Waals surface area (Å²) in [5, 5.41) is 20.2. The molecule has 0 aliphatic carbocycles. The molecule has 0 aliphatic heterocycles. The molecular formula is C8H7Cl2N3O3. The second kappa shape index (κ2) is 5.00. The largest absolute Gasteiger partial charge is 0.501 e. The molecule has 0 unspecified atom stereocenters. The highest BCUT2D eigenvalue weighted by molar-refractivity contribution is 6.31. The van der Waals surface area contributed by atoms with Gasteiger partial charge in [-0.25, -0.2) is 4.99 Å². The number of amidine groups is 1. The van der Waals surface area contributed by atoms with Crippen LogP contribution in [0.1, 0.15) is 0 Å². The van der Waals surface area contributed by atoms with Gasteiger partial charge in [0.1, 0.15) is 11.5 Å². The van der Waals surface area contributed by atoms with Crippen LogP contribution >= 0.6 is 23.2 Å². The van der Waals surface area contributed by atoms with Crippen LogP contribution in [0.5, 0.6) is 5.75 Å². The van der Waals surface area contributed by atoms with Gasteiger partial charge in [-0.2, -0.15) is 0 Å². The van der Waals surface area contributed by atoms with Crippen molar-refractivity contribution in [2.75, 3.05) is 5.88 Å². The van der Waals surface area contributed by atoms with Gasteiger partial charge in [-0.05, 0) is 6.07 Å². The Kier molecular flexibility index (Phi) is 3.92. The molecule has 0 radical (unpaired) electrons. The fraction of sp³-hybridized carbons (Fsp3) is 0.125. The first-order valence-corrected chi connectivity index (χ1v) is 4.93. The molecule has 6 nitrogen and oxygen atoms in total. The zero-order valence-electron chi connectivity index (χ0n) is 7.85. The minimum Gasteiger partial charge on any atom is -0.501 e. The zero-order valence-corrected chi connectivity index (χ0v) is 9.37. The lowest BCUT2D eigenvalue weighted by Gasteiger charge is -2.02. The summed E-state index contributed by atoms with van der Waals surface area (Å²) in [4.78, 5) is 13.5. The Morgan fingerprint density at radius 1 is 1.62 bits per heavy atom. The molecule has 1 rings (SSSR count). The predicted octanol–water partition coefficient (Wildman–Crippen LogP) is 2.18. The number of nitrogens with zero attached hydrogens (tertiary/aromatic N) is 2. The van der Waals surface area contributed by atoms with Crippen molar-refractivity contribution in [1.29, 1.82) is 0 Å². The Morgan fingerprint density at radius 3 is 2.75 bits per heavy atom. The molecular weight excluding hydrogens is 257 g/mol. The molecule has 1 aromatic carbocycles. The van der Waals surface area contributed by atoms with Gasteiger partial charge in [0.05, 0.1) is 10.8 Å². The number of aliphatic imine (C=N–C) groups is 1. The monoisotopic (exact) mass is 263 g/mol. The molecule has 86 valence electrons. The number of nitrogens with two attached hydrogens (primary N) is 1. The van der Waals surface area contributed by atoms with E-state index >= 15 is 0 Å². The highest BCUT2D eigenvalue weighted by atomic mass is 35.5. The molecule has 0 saturated heterocycles. The minimum absolute atomic E-state index is 0.0218. The van der Waals surface area contributed by atoms with Gasteiger partial charge < -0.3 is 10.8 Å². The van der Waals surface area contributed by atoms with Gasteiger partial charge >= 0.3 is 5.69 Å². The van der Waals surface area contributed by atoms with Gasteiger partial charge in [-0.15, -0.1) is 11.6 Å². The van der Waals surface area contributed by atoms with Crippen molar-refractivity contribution in [1.82, 2.24) is 0 Å². The fourth-order valence-corrected chi connectivity index (χ4v) is 1.25. The topological polar surface area (TPSA) is 102 Å². The van der Waals surface area contributed by atoms with Gasteiger partial charge in [0.2, 0.25) is 5.75 Å². The number of halogens is 2. The van der Waals surface area contributed by atoms with E-state index in [0.29, 0.717) is 0 Å². The number of alkyl halides is 1. The fourth-order valence-electron chi connectivity index (χ4n) is 0.980. The third-order valence-electron chi connectivity index (χ3n) is 1.63. The van der Waals surface area contributed by atoms with E-state index in [2.05, 4.69) is 4.99 Å². The summed E-state index contributed by atoms with van der Waals surface area (Å²) >= 11 is 11.0. The number of benzene rings is 1. The summed E-state index contributed by atoms with van der Waals surface area (Å²) in [7, 11) is 0. The van der Waals surface area contributed by atoms with Gasteiger partial charge in [0, 0.05) is 11.1 Å². The number of hydrogen-bond acceptors (Lipinski definition) is 4. The normalized spacial score (nSPS) is 11.5. The summed E-state index contributed by atoms with van der Waals surface area (Å²) < 4.78 is 0. The Bertz CT molecular complexity index is 462. The van der Waals surface area contributed by atoms with Gasteiger partial charge in [-0.1, -0.05) is 11.6 Å². The molecule has 0 aromatic heterocycles. The molecule has 0 amide bonds. The third-order valence-corrected chi connectivity index (χ3v) is 2.12. The van der Waals surface area contributed by atoms with E-state index in [4.69, 9.17) is 28.9 Å². The van der Waals surface area contributed by atoms with Crippen LogP contribution in [0.25, 0.3) is 0 Å². The molecule has 3 N–H and O–H groups in total. The highest BCUT2D eigenvalue weighted by Gasteiger charge is 2.18. The van der Waals surface area contributed by atoms with Crippen molar-refractivity contribution < 1.29 is 10.0 Å². The van der Waals surface area contributed by atoms with Crippen molar-refractivity contribution in [3.63, 3.8) is 0 Å². The van der Waals surface area contributed by atoms with Crippen LogP contribution in [-0.4, -0.2) is 21.7 Å². The van der Waals surface area contributed by atoms with Crippen molar-refractivity contribution >= 4 is 40.4 Å². The second-order valence-corrected chi connectivity index (χ2v) is 3.49. The quantitative estimate of drug-likeness (QED) is 0.287. The molecule has 0 aliphatic rings. The molecule has 0 atom stereocenters. The molecule has 0 saturated carbocycles. The van der Waals surface area contributed by atoms with Gasteiger partial charge in [-0.3, -0.25) is 10.1 Å². The number of hydrogen-bond donors (Lipinski definition) is 2. The van der Waals surface area contributed by atoms with Crippen LogP contribution in [0.3, 0.4) is 0 Å². The number of nitro groups is 1. The van der Waals surface area contributed by atoms with Crippen LogP contribution in [-0.2, 0) is 0 Å². The first kappa shape index (κ1) is 12.5. The molecule has 16 heavy (non-hydrogen) atoms. The Hall–Kier alpha value is -1.53. The number of aromatic hydroxyl groups is 1. The van der Waals surface area contributed by atoms with Crippen molar-refractivity contribution in [2.45, 2.75) is 0 Å². The van der Waals surface area contributed by atoms with Gasteiger partial charge in [0.15, 0.2) is 0 Å². The maximum atomic E-state index is 10.6. The lowest BCUT2D eigenvalue weighted by Crippen LogP contribution is -2.12. The Labute approximate surface area is 100 Å². The minimum atomic E-state index is -0.767. The molecule has 0 heterocycles. The Balaban J connectivity index is 3.35. The van der Waals surface area contributed by atoms with Crippen LogP contribution in [0.15, 0.2) is 17.1 Å². The first-order valence-electron chi connectivity index (χ1n) is 4.01. The lowest BCUT2D eigenvalue weighted by molar-refractivity contribution is -0.385. The molecule has 0 spiro atoms. The summed E-state index contributed by atoms with van der Waals surface area (Å²) in [6, 6.07) is 2.27. The Morgan fingerprint density at radius 2 is 2.25 bits per heavy atom. The standard InChI is InChI=1S/C8H7Cl2N3O3/c9-3-7(11)12-5-1-4(10)2-6(8(5)14)13(15)16/h1-2,14H,3H2,(H2,11,12). The maximum Gasteiger partial charge on any atom is 0.314 e. The van der Waals surface area contributed by atoms with Crippen LogP contribution in [0.4, 0.5) is 11.4 Å². The second-order valence-electron chi connectivity index (χ2n) is 2.79. The van der Waals surface area contributed by atoms with E-state index in [-0.39, 0.29) is 22.4 Å². The maximum absolute atomic E-state index is 10.6. The van der Waals surface area contributed by atoms with E-state index < -0.39 is 16.4 Å². The van der Waals surface area contributed by atoms with Crippen LogP contribution in [0, 0.1) is 10.1 Å². The predicted molar refractivity (Wildman–Crippen MR) is 61.8 cm³/mol. The summed E-state index contributed by atoms with van der Waals surface area (Å²) in [5.74, 6) is -0.629. The van der Waals surface area contributed by atoms with E-state index in [1.165, 1.54) is 6.07 Å². The first-order chi connectivity index (χ1) is 7.45. The van der Waals surface area contributed by atoms with E-state index in [9.17, 15) is 15.2 Å². The average molecular weight is 264 g/mol. The lowest BCUT2D eigenvalue weighted by atomic mass is 10.2.